The average Bonchev–Trinajstić information content (AvgIpc) is 2.38. The summed E-state index contributed by atoms with van der Waals surface area (Å²) in [5, 5.41) is 9.02. The summed E-state index contributed by atoms with van der Waals surface area (Å²) in [5.74, 6) is 0. The van der Waals surface area contributed by atoms with E-state index in [9.17, 15) is 8.42 Å². The Hall–Kier alpha value is -1.49. The maximum Gasteiger partial charge on any atom is 0.246 e. The van der Waals surface area contributed by atoms with Crippen molar-refractivity contribution in [1.29, 1.82) is 5.26 Å². The Bertz CT molecular complexity index is 593. The highest BCUT2D eigenvalue weighted by Crippen LogP contribution is 2.20. The van der Waals surface area contributed by atoms with Crippen LogP contribution in [0.15, 0.2) is 23.2 Å². The highest BCUT2D eigenvalue weighted by Gasteiger charge is 2.30. The van der Waals surface area contributed by atoms with Crippen molar-refractivity contribution in [3.8, 4) is 6.07 Å². The minimum absolute atomic E-state index is 0.0324. The van der Waals surface area contributed by atoms with Gasteiger partial charge in [-0.25, -0.2) is 13.4 Å². The normalized spacial score (nSPS) is 13.4. The fourth-order valence-electron chi connectivity index (χ4n) is 2.15. The quantitative estimate of drug-likeness (QED) is 0.780. The van der Waals surface area contributed by atoms with E-state index in [0.29, 0.717) is 13.1 Å². The third kappa shape index (κ3) is 3.54. The number of nitriles is 1. The molecule has 0 bridgehead atoms. The van der Waals surface area contributed by atoms with E-state index in [4.69, 9.17) is 5.26 Å². The maximum atomic E-state index is 12.7. The predicted molar refractivity (Wildman–Crippen MR) is 76.5 cm³/mol. The highest BCUT2D eigenvalue weighted by atomic mass is 32.2. The van der Waals surface area contributed by atoms with E-state index in [1.807, 2.05) is 32.0 Å². The van der Waals surface area contributed by atoms with Crippen molar-refractivity contribution >= 4 is 10.0 Å². The summed E-state index contributed by atoms with van der Waals surface area (Å²) in [7, 11) is 0.0641. The van der Waals surface area contributed by atoms with Gasteiger partial charge in [0.05, 0.1) is 0 Å². The molecule has 0 saturated carbocycles. The molecule has 0 saturated heterocycles. The monoisotopic (exact) mass is 296 g/mol. The Morgan fingerprint density at radius 1 is 1.45 bits per heavy atom. The molecule has 1 atom stereocenters. The molecule has 0 aromatic carbocycles. The molecule has 1 rings (SSSR count). The average molecular weight is 296 g/mol. The van der Waals surface area contributed by atoms with Crippen molar-refractivity contribution in [2.24, 2.45) is 0 Å². The van der Waals surface area contributed by atoms with Gasteiger partial charge in [0.1, 0.15) is 11.0 Å². The lowest BCUT2D eigenvalue weighted by Gasteiger charge is -2.29. The molecule has 1 heterocycles. The molecule has 110 valence electrons. The second kappa shape index (κ2) is 6.79. The summed E-state index contributed by atoms with van der Waals surface area (Å²) in [4.78, 5) is 5.72. The third-order valence-corrected chi connectivity index (χ3v) is 5.02. The van der Waals surface area contributed by atoms with E-state index in [-0.39, 0.29) is 16.6 Å². The molecule has 1 unspecified atom stereocenters. The van der Waals surface area contributed by atoms with Crippen LogP contribution in [0.25, 0.3) is 0 Å². The number of aromatic nitrogens is 1. The first kappa shape index (κ1) is 16.6. The summed E-state index contributed by atoms with van der Waals surface area (Å²) in [6.45, 7) is 4.59. The Kier molecular flexibility index (Phi) is 5.62. The van der Waals surface area contributed by atoms with Crippen LogP contribution in [0.2, 0.25) is 0 Å². The summed E-state index contributed by atoms with van der Waals surface area (Å²) in [6.07, 6.45) is 1.41. The Balaban J connectivity index is 3.23. The van der Waals surface area contributed by atoms with Gasteiger partial charge in [0.25, 0.3) is 0 Å². The smallest absolute Gasteiger partial charge is 0.246 e. The maximum absolute atomic E-state index is 12.7. The number of hydrogen-bond donors (Lipinski definition) is 0. The molecule has 0 aliphatic heterocycles. The fraction of sp³-hybridized carbons (Fsp3) is 0.538. The van der Waals surface area contributed by atoms with Gasteiger partial charge >= 0.3 is 0 Å². The standard InChI is InChI=1S/C13H20N4O2S/c1-5-17(11(2)10-16(3)4)20(18,19)13-7-6-8-15-12(13)9-14/h6-8,11H,5,10H2,1-4H3. The lowest BCUT2D eigenvalue weighted by molar-refractivity contribution is 0.271. The summed E-state index contributed by atoms with van der Waals surface area (Å²) >= 11 is 0. The minimum atomic E-state index is -3.72. The Labute approximate surface area is 120 Å². The zero-order chi connectivity index (χ0) is 15.3. The van der Waals surface area contributed by atoms with E-state index in [1.165, 1.54) is 22.6 Å². The number of sulfonamides is 1. The number of likely N-dealkylation sites (N-methyl/N-ethyl adjacent to an activating group) is 2. The molecule has 0 aliphatic carbocycles. The second-order valence-electron chi connectivity index (χ2n) is 4.78. The van der Waals surface area contributed by atoms with Gasteiger partial charge in [0, 0.05) is 25.3 Å². The van der Waals surface area contributed by atoms with Crippen molar-refractivity contribution in [2.75, 3.05) is 27.2 Å². The fourth-order valence-corrected chi connectivity index (χ4v) is 3.87. The zero-order valence-corrected chi connectivity index (χ0v) is 13.1. The summed E-state index contributed by atoms with van der Waals surface area (Å²) in [6, 6.07) is 4.59. The van der Waals surface area contributed by atoms with Crippen LogP contribution in [-0.4, -0.2) is 55.8 Å². The minimum Gasteiger partial charge on any atom is -0.308 e. The molecule has 1 aromatic heterocycles. The van der Waals surface area contributed by atoms with E-state index < -0.39 is 10.0 Å². The van der Waals surface area contributed by atoms with Crippen molar-refractivity contribution in [1.82, 2.24) is 14.2 Å². The van der Waals surface area contributed by atoms with Crippen LogP contribution in [0.3, 0.4) is 0 Å². The van der Waals surface area contributed by atoms with Gasteiger partial charge < -0.3 is 4.90 Å². The number of pyridine rings is 1. The molecule has 0 aliphatic rings. The van der Waals surface area contributed by atoms with Crippen LogP contribution < -0.4 is 0 Å². The largest absolute Gasteiger partial charge is 0.308 e. The summed E-state index contributed by atoms with van der Waals surface area (Å²) in [5.41, 5.74) is -0.0667. The van der Waals surface area contributed by atoms with E-state index in [0.717, 1.165) is 0 Å². The first-order valence-corrected chi connectivity index (χ1v) is 7.80. The van der Waals surface area contributed by atoms with Crippen molar-refractivity contribution in [2.45, 2.75) is 24.8 Å². The van der Waals surface area contributed by atoms with Gasteiger partial charge in [-0.1, -0.05) is 6.92 Å². The van der Waals surface area contributed by atoms with Gasteiger partial charge in [0.2, 0.25) is 10.0 Å². The zero-order valence-electron chi connectivity index (χ0n) is 12.2. The van der Waals surface area contributed by atoms with Crippen LogP contribution in [-0.2, 0) is 10.0 Å². The lowest BCUT2D eigenvalue weighted by atomic mass is 10.3. The topological polar surface area (TPSA) is 77.3 Å². The number of hydrogen-bond acceptors (Lipinski definition) is 5. The molecule has 7 heteroatoms. The lowest BCUT2D eigenvalue weighted by Crippen LogP contribution is -2.43. The number of nitrogens with zero attached hydrogens (tertiary/aromatic N) is 4. The molecule has 0 amide bonds. The first-order chi connectivity index (χ1) is 9.34. The molecule has 0 N–H and O–H groups in total. The van der Waals surface area contributed by atoms with E-state index in [2.05, 4.69) is 4.98 Å². The number of rotatable bonds is 6. The van der Waals surface area contributed by atoms with Crippen molar-refractivity contribution in [3.63, 3.8) is 0 Å². The summed E-state index contributed by atoms with van der Waals surface area (Å²) < 4.78 is 26.8. The van der Waals surface area contributed by atoms with Gasteiger partial charge in [-0.05, 0) is 33.2 Å². The molecule has 1 aromatic rings. The molecule has 0 spiro atoms. The SMILES string of the molecule is CCN(C(C)CN(C)C)S(=O)(=O)c1cccnc1C#N. The van der Waals surface area contributed by atoms with Crippen LogP contribution in [0, 0.1) is 11.3 Å². The van der Waals surface area contributed by atoms with Gasteiger partial charge in [-0.2, -0.15) is 9.57 Å². The molecular weight excluding hydrogens is 276 g/mol. The van der Waals surface area contributed by atoms with Crippen LogP contribution in [0.5, 0.6) is 0 Å². The van der Waals surface area contributed by atoms with Crippen molar-refractivity contribution < 1.29 is 8.42 Å². The highest BCUT2D eigenvalue weighted by molar-refractivity contribution is 7.89. The first-order valence-electron chi connectivity index (χ1n) is 6.36. The van der Waals surface area contributed by atoms with Crippen LogP contribution in [0.1, 0.15) is 19.5 Å². The van der Waals surface area contributed by atoms with Gasteiger partial charge in [-0.3, -0.25) is 0 Å². The molecule has 0 radical (unpaired) electrons. The third-order valence-electron chi connectivity index (χ3n) is 2.90. The molecule has 20 heavy (non-hydrogen) atoms. The Morgan fingerprint density at radius 3 is 2.60 bits per heavy atom. The van der Waals surface area contributed by atoms with Crippen LogP contribution >= 0.6 is 0 Å². The van der Waals surface area contributed by atoms with E-state index in [1.54, 1.807) is 6.92 Å². The van der Waals surface area contributed by atoms with Crippen LogP contribution in [0.4, 0.5) is 0 Å². The Morgan fingerprint density at radius 2 is 2.10 bits per heavy atom. The second-order valence-corrected chi connectivity index (χ2v) is 6.64. The predicted octanol–water partition coefficient (Wildman–Crippen LogP) is 0.914. The molecular formula is C13H20N4O2S. The van der Waals surface area contributed by atoms with Gasteiger partial charge in [0.15, 0.2) is 5.69 Å². The molecule has 6 nitrogen and oxygen atoms in total. The van der Waals surface area contributed by atoms with Crippen molar-refractivity contribution in [3.05, 3.63) is 24.0 Å². The van der Waals surface area contributed by atoms with E-state index >= 15 is 0 Å². The molecule has 0 fully saturated rings. The van der Waals surface area contributed by atoms with Gasteiger partial charge in [-0.15, -0.1) is 0 Å².